The summed E-state index contributed by atoms with van der Waals surface area (Å²) in [6, 6.07) is 7.28. The molecule has 0 atom stereocenters. The van der Waals surface area contributed by atoms with E-state index in [1.54, 1.807) is 18.5 Å². The van der Waals surface area contributed by atoms with E-state index in [2.05, 4.69) is 21.8 Å². The van der Waals surface area contributed by atoms with E-state index in [4.69, 9.17) is 23.8 Å². The molecule has 0 saturated carbocycles. The number of hydrogen-bond donors (Lipinski definition) is 1. The van der Waals surface area contributed by atoms with Crippen molar-refractivity contribution in [3.8, 4) is 11.8 Å². The number of hydrogen-bond acceptors (Lipinski definition) is 2. The predicted octanol–water partition coefficient (Wildman–Crippen LogP) is 3.19. The van der Waals surface area contributed by atoms with E-state index >= 15 is 0 Å². The molecule has 0 aliphatic rings. The molecule has 2 heterocycles. The zero-order chi connectivity index (χ0) is 11.4. The Kier molecular flexibility index (Phi) is 3.35. The van der Waals surface area contributed by atoms with Crippen molar-refractivity contribution in [3.63, 3.8) is 0 Å². The number of nitrogens with one attached hydrogen (secondary N) is 1. The molecule has 16 heavy (non-hydrogen) atoms. The molecule has 0 aromatic carbocycles. The third kappa shape index (κ3) is 2.48. The minimum Gasteiger partial charge on any atom is -0.354 e. The molecule has 2 rings (SSSR count). The number of pyridine rings is 2. The van der Waals surface area contributed by atoms with Crippen molar-refractivity contribution in [1.29, 1.82) is 0 Å². The average Bonchev–Trinajstić information content (AvgIpc) is 2.32. The van der Waals surface area contributed by atoms with E-state index in [9.17, 15) is 0 Å². The number of aromatic nitrogens is 2. The van der Waals surface area contributed by atoms with E-state index in [-0.39, 0.29) is 0 Å². The number of halogens is 1. The standard InChI is InChI=1S/C12H7ClN2S/c13-12-10(15-8-6-11(12)16)5-4-9-3-1-2-7-14-9/h1-3,6-8H,(H,15,16). The molecule has 4 heteroatoms. The monoisotopic (exact) mass is 246 g/mol. The maximum Gasteiger partial charge on any atom is 0.113 e. The first-order valence-electron chi connectivity index (χ1n) is 4.57. The summed E-state index contributed by atoms with van der Waals surface area (Å²) in [6.07, 6.45) is 3.41. The van der Waals surface area contributed by atoms with Crippen molar-refractivity contribution in [2.24, 2.45) is 0 Å². The van der Waals surface area contributed by atoms with Crippen molar-refractivity contribution in [3.05, 3.63) is 57.6 Å². The fraction of sp³-hybridized carbons (Fsp3) is 0. The van der Waals surface area contributed by atoms with Gasteiger partial charge in [-0.3, -0.25) is 0 Å². The van der Waals surface area contributed by atoms with Gasteiger partial charge in [-0.15, -0.1) is 0 Å². The second-order valence-electron chi connectivity index (χ2n) is 3.00. The lowest BCUT2D eigenvalue weighted by molar-refractivity contribution is 1.27. The van der Waals surface area contributed by atoms with Gasteiger partial charge in [-0.25, -0.2) is 4.98 Å². The van der Waals surface area contributed by atoms with Gasteiger partial charge < -0.3 is 4.98 Å². The van der Waals surface area contributed by atoms with Crippen molar-refractivity contribution in [2.75, 3.05) is 0 Å². The Morgan fingerprint density at radius 2 is 2.12 bits per heavy atom. The van der Waals surface area contributed by atoms with E-state index in [0.717, 1.165) is 0 Å². The van der Waals surface area contributed by atoms with Gasteiger partial charge in [0.2, 0.25) is 0 Å². The molecule has 2 aromatic heterocycles. The van der Waals surface area contributed by atoms with Crippen LogP contribution in [0.2, 0.25) is 5.02 Å². The molecular weight excluding hydrogens is 240 g/mol. The second-order valence-corrected chi connectivity index (χ2v) is 3.81. The third-order valence-electron chi connectivity index (χ3n) is 1.88. The summed E-state index contributed by atoms with van der Waals surface area (Å²) >= 11 is 11.0. The number of aromatic amines is 1. The molecule has 0 fully saturated rings. The molecule has 2 nitrogen and oxygen atoms in total. The zero-order valence-electron chi connectivity index (χ0n) is 8.20. The van der Waals surface area contributed by atoms with Crippen LogP contribution in [0.1, 0.15) is 11.4 Å². The van der Waals surface area contributed by atoms with Crippen molar-refractivity contribution < 1.29 is 0 Å². The van der Waals surface area contributed by atoms with E-state index in [1.807, 2.05) is 18.2 Å². The van der Waals surface area contributed by atoms with Crippen LogP contribution in [-0.2, 0) is 0 Å². The van der Waals surface area contributed by atoms with Gasteiger partial charge in [0.25, 0.3) is 0 Å². The lowest BCUT2D eigenvalue weighted by Gasteiger charge is -1.94. The summed E-state index contributed by atoms with van der Waals surface area (Å²) in [4.78, 5) is 7.04. The third-order valence-corrected chi connectivity index (χ3v) is 2.72. The summed E-state index contributed by atoms with van der Waals surface area (Å²) < 4.78 is 0.589. The first kappa shape index (κ1) is 10.9. The van der Waals surface area contributed by atoms with Gasteiger partial charge in [0, 0.05) is 12.4 Å². The topological polar surface area (TPSA) is 28.7 Å². The van der Waals surface area contributed by atoms with Gasteiger partial charge in [0.05, 0.1) is 9.53 Å². The molecule has 0 amide bonds. The van der Waals surface area contributed by atoms with Crippen LogP contribution in [-0.4, -0.2) is 9.97 Å². The molecule has 0 bridgehead atoms. The summed E-state index contributed by atoms with van der Waals surface area (Å²) in [6.45, 7) is 0. The molecule has 0 radical (unpaired) electrons. The molecule has 0 unspecified atom stereocenters. The Hall–Kier alpha value is -1.63. The number of rotatable bonds is 0. The summed E-state index contributed by atoms with van der Waals surface area (Å²) in [7, 11) is 0. The van der Waals surface area contributed by atoms with E-state index in [0.29, 0.717) is 20.9 Å². The highest BCUT2D eigenvalue weighted by Gasteiger charge is 1.97. The van der Waals surface area contributed by atoms with Gasteiger partial charge in [0.15, 0.2) is 0 Å². The smallest absolute Gasteiger partial charge is 0.113 e. The normalized spacial score (nSPS) is 9.31. The highest BCUT2D eigenvalue weighted by Crippen LogP contribution is 2.13. The molecular formula is C12H7ClN2S. The predicted molar refractivity (Wildman–Crippen MR) is 66.9 cm³/mol. The average molecular weight is 247 g/mol. The minimum absolute atomic E-state index is 0.473. The molecule has 0 saturated heterocycles. The van der Waals surface area contributed by atoms with Crippen LogP contribution in [0.15, 0.2) is 36.7 Å². The molecule has 0 aliphatic carbocycles. The first-order valence-corrected chi connectivity index (χ1v) is 5.36. The first-order chi connectivity index (χ1) is 7.77. The SMILES string of the molecule is S=c1cc[nH]c(C#Cc2ccccn2)c1Cl. The largest absolute Gasteiger partial charge is 0.354 e. The molecule has 0 aliphatic heterocycles. The van der Waals surface area contributed by atoms with Crippen LogP contribution >= 0.6 is 23.8 Å². The molecule has 2 aromatic rings. The quantitative estimate of drug-likeness (QED) is 0.571. The van der Waals surface area contributed by atoms with Crippen LogP contribution in [0, 0.1) is 16.4 Å². The zero-order valence-corrected chi connectivity index (χ0v) is 9.77. The van der Waals surface area contributed by atoms with Gasteiger partial charge in [-0.2, -0.15) is 0 Å². The van der Waals surface area contributed by atoms with Crippen molar-refractivity contribution >= 4 is 23.8 Å². The Morgan fingerprint density at radius 1 is 1.25 bits per heavy atom. The number of nitrogens with zero attached hydrogens (tertiary/aromatic N) is 1. The molecule has 78 valence electrons. The highest BCUT2D eigenvalue weighted by atomic mass is 35.5. The Bertz CT molecular complexity index is 608. The maximum atomic E-state index is 6.00. The van der Waals surface area contributed by atoms with Crippen LogP contribution in [0.3, 0.4) is 0 Å². The highest BCUT2D eigenvalue weighted by molar-refractivity contribution is 7.71. The molecule has 0 spiro atoms. The Labute approximate surface area is 103 Å². The Morgan fingerprint density at radius 3 is 2.88 bits per heavy atom. The second kappa shape index (κ2) is 4.93. The molecule has 1 N–H and O–H groups in total. The van der Waals surface area contributed by atoms with E-state index < -0.39 is 0 Å². The fourth-order valence-corrected chi connectivity index (χ4v) is 1.45. The van der Waals surface area contributed by atoms with Gasteiger partial charge >= 0.3 is 0 Å². The van der Waals surface area contributed by atoms with Crippen molar-refractivity contribution in [1.82, 2.24) is 9.97 Å². The summed E-state index contributed by atoms with van der Waals surface area (Å²) in [5.74, 6) is 5.81. The fourth-order valence-electron chi connectivity index (χ4n) is 1.11. The number of H-pyrrole nitrogens is 1. The van der Waals surface area contributed by atoms with Gasteiger partial charge in [-0.05, 0) is 30.0 Å². The lowest BCUT2D eigenvalue weighted by Crippen LogP contribution is -1.85. The lowest BCUT2D eigenvalue weighted by atomic mass is 10.3. The van der Waals surface area contributed by atoms with Crippen LogP contribution in [0.5, 0.6) is 0 Å². The van der Waals surface area contributed by atoms with Crippen LogP contribution < -0.4 is 0 Å². The van der Waals surface area contributed by atoms with Gasteiger partial charge in [0.1, 0.15) is 11.4 Å². The van der Waals surface area contributed by atoms with Gasteiger partial charge in [-0.1, -0.05) is 29.9 Å². The minimum atomic E-state index is 0.473. The summed E-state index contributed by atoms with van der Waals surface area (Å²) in [5, 5.41) is 0.473. The van der Waals surface area contributed by atoms with Crippen LogP contribution in [0.25, 0.3) is 0 Å². The maximum absolute atomic E-state index is 6.00. The summed E-state index contributed by atoms with van der Waals surface area (Å²) in [5.41, 5.74) is 1.31. The van der Waals surface area contributed by atoms with Crippen molar-refractivity contribution in [2.45, 2.75) is 0 Å². The van der Waals surface area contributed by atoms with Crippen LogP contribution in [0.4, 0.5) is 0 Å². The van der Waals surface area contributed by atoms with E-state index in [1.165, 1.54) is 0 Å². The Balaban J connectivity index is 2.39.